The summed E-state index contributed by atoms with van der Waals surface area (Å²) in [5.41, 5.74) is 0. The predicted octanol–water partition coefficient (Wildman–Crippen LogP) is 0.884. The van der Waals surface area contributed by atoms with E-state index in [0.29, 0.717) is 0 Å². The monoisotopic (exact) mass is 170 g/mol. The highest BCUT2D eigenvalue weighted by Gasteiger charge is 2.30. The summed E-state index contributed by atoms with van der Waals surface area (Å²) in [4.78, 5) is 22.9. The van der Waals surface area contributed by atoms with E-state index in [1.807, 2.05) is 0 Å². The Kier molecular flexibility index (Phi) is 3.56. The summed E-state index contributed by atoms with van der Waals surface area (Å²) < 4.78 is 34.0. The lowest BCUT2D eigenvalue weighted by molar-refractivity contribution is -0.189. The molecule has 0 aromatic rings. The van der Waals surface area contributed by atoms with Crippen LogP contribution in [0.3, 0.4) is 0 Å². The number of carbonyl (C=O) groups is 2. The summed E-state index contributed by atoms with van der Waals surface area (Å²) >= 11 is 0. The Morgan fingerprint density at radius 2 is 1.82 bits per heavy atom. The van der Waals surface area contributed by atoms with Crippen molar-refractivity contribution in [2.24, 2.45) is 5.92 Å². The number of Topliss-reactive ketones (excluding diaryl/α,β-unsaturated/α-hetero) is 1. The number of rotatable bonds is 3. The Morgan fingerprint density at radius 3 is 2.09 bits per heavy atom. The summed E-state index contributed by atoms with van der Waals surface area (Å²) in [5.74, 6) is -5.00. The molecule has 0 aliphatic carbocycles. The molecule has 0 aliphatic rings. The van der Waals surface area contributed by atoms with Gasteiger partial charge in [0, 0.05) is 4.53 Å². The fourth-order valence-corrected chi connectivity index (χ4v) is 0.372. The van der Waals surface area contributed by atoms with Gasteiger partial charge in [-0.05, 0) is 6.92 Å². The van der Waals surface area contributed by atoms with Crippen molar-refractivity contribution in [3.05, 3.63) is 0 Å². The molecule has 11 heavy (non-hydrogen) atoms. The maximum absolute atomic E-state index is 11.5. The molecule has 0 heterocycles. The highest BCUT2D eigenvalue weighted by atomic mass is 19.3. The second-order valence-corrected chi connectivity index (χ2v) is 1.82. The molecule has 0 saturated carbocycles. The molecule has 0 aliphatic heterocycles. The first kappa shape index (κ1) is 9.93. The van der Waals surface area contributed by atoms with Crippen molar-refractivity contribution < 1.29 is 27.8 Å². The zero-order valence-electron chi connectivity index (χ0n) is 5.51. The van der Waals surface area contributed by atoms with Gasteiger partial charge in [0.2, 0.25) is 5.78 Å². The second-order valence-electron chi connectivity index (χ2n) is 1.82. The lowest BCUT2D eigenvalue weighted by atomic mass is 10.1. The molecule has 0 aromatic carbocycles. The van der Waals surface area contributed by atoms with Crippen molar-refractivity contribution in [2.75, 3.05) is 0 Å². The molecule has 0 radical (unpaired) electrons. The lowest BCUT2D eigenvalue weighted by Crippen LogP contribution is -2.26. The van der Waals surface area contributed by atoms with Crippen molar-refractivity contribution in [2.45, 2.75) is 13.3 Å². The standard InChI is InChI=1S/C5H5F3O3/c1-2(5(10)11-8)3(9)4(6)7/h2,4H,1H3. The molecule has 0 spiro atoms. The van der Waals surface area contributed by atoms with E-state index in [4.69, 9.17) is 0 Å². The molecule has 0 saturated heterocycles. The van der Waals surface area contributed by atoms with Crippen LogP contribution in [-0.4, -0.2) is 18.2 Å². The summed E-state index contributed by atoms with van der Waals surface area (Å²) in [7, 11) is 0. The van der Waals surface area contributed by atoms with E-state index in [2.05, 4.69) is 4.94 Å². The fourth-order valence-electron chi connectivity index (χ4n) is 0.372. The van der Waals surface area contributed by atoms with Crippen LogP contribution in [0.15, 0.2) is 0 Å². The van der Waals surface area contributed by atoms with Crippen LogP contribution in [-0.2, 0) is 14.5 Å². The van der Waals surface area contributed by atoms with Gasteiger partial charge in [0.05, 0.1) is 0 Å². The first-order valence-electron chi connectivity index (χ1n) is 2.65. The largest absolute Gasteiger partial charge is 0.359 e. The molecule has 0 bridgehead atoms. The van der Waals surface area contributed by atoms with Crippen LogP contribution in [0.2, 0.25) is 0 Å². The third-order valence-electron chi connectivity index (χ3n) is 1.07. The van der Waals surface area contributed by atoms with Gasteiger partial charge in [-0.15, -0.1) is 0 Å². The molecule has 64 valence electrons. The van der Waals surface area contributed by atoms with Crippen molar-refractivity contribution in [1.29, 1.82) is 0 Å². The smallest absolute Gasteiger partial charge is 0.292 e. The van der Waals surface area contributed by atoms with Crippen LogP contribution < -0.4 is 0 Å². The number of hydrogen-bond donors (Lipinski definition) is 0. The van der Waals surface area contributed by atoms with E-state index >= 15 is 0 Å². The van der Waals surface area contributed by atoms with Crippen LogP contribution in [0.4, 0.5) is 13.3 Å². The normalized spacial score (nSPS) is 12.8. The quantitative estimate of drug-likeness (QED) is 0.590. The van der Waals surface area contributed by atoms with Gasteiger partial charge in [-0.2, -0.15) is 0 Å². The first-order valence-corrected chi connectivity index (χ1v) is 2.65. The van der Waals surface area contributed by atoms with E-state index in [1.54, 1.807) is 0 Å². The maximum Gasteiger partial charge on any atom is 0.359 e. The van der Waals surface area contributed by atoms with E-state index in [9.17, 15) is 22.9 Å². The Balaban J connectivity index is 4.13. The van der Waals surface area contributed by atoms with Crippen molar-refractivity contribution in [1.82, 2.24) is 0 Å². The first-order chi connectivity index (χ1) is 5.00. The van der Waals surface area contributed by atoms with Crippen molar-refractivity contribution >= 4 is 11.8 Å². The molecule has 0 aromatic heterocycles. The molecule has 0 fully saturated rings. The zero-order valence-corrected chi connectivity index (χ0v) is 5.51. The molecule has 3 nitrogen and oxygen atoms in total. The molecular weight excluding hydrogens is 165 g/mol. The van der Waals surface area contributed by atoms with Gasteiger partial charge in [0.1, 0.15) is 5.92 Å². The third kappa shape index (κ3) is 2.57. The van der Waals surface area contributed by atoms with E-state index in [1.165, 1.54) is 0 Å². The number of hydrogen-bond acceptors (Lipinski definition) is 3. The van der Waals surface area contributed by atoms with Gasteiger partial charge in [0.15, 0.2) is 0 Å². The Bertz CT molecular complexity index is 168. The fraction of sp³-hybridized carbons (Fsp3) is 0.600. The minimum absolute atomic E-state index is 0.844. The topological polar surface area (TPSA) is 43.4 Å². The highest BCUT2D eigenvalue weighted by molar-refractivity contribution is 5.99. The Labute approximate surface area is 60.0 Å². The molecule has 0 rings (SSSR count). The molecule has 1 atom stereocenters. The van der Waals surface area contributed by atoms with Gasteiger partial charge in [-0.3, -0.25) is 9.74 Å². The summed E-state index contributed by atoms with van der Waals surface area (Å²) in [6.07, 6.45) is -3.27. The zero-order chi connectivity index (χ0) is 9.02. The molecule has 0 amide bonds. The van der Waals surface area contributed by atoms with E-state index in [-0.39, 0.29) is 0 Å². The minimum atomic E-state index is -3.27. The summed E-state index contributed by atoms with van der Waals surface area (Å²) in [5, 5.41) is 0. The molecule has 6 heteroatoms. The van der Waals surface area contributed by atoms with Crippen molar-refractivity contribution in [3.63, 3.8) is 0 Å². The number of alkyl halides is 2. The molecule has 0 N–H and O–H groups in total. The SMILES string of the molecule is CC(C(=O)OF)C(=O)C(F)F. The van der Waals surface area contributed by atoms with Crippen LogP contribution in [0, 0.1) is 5.92 Å². The predicted molar refractivity (Wildman–Crippen MR) is 27.4 cm³/mol. The van der Waals surface area contributed by atoms with Crippen LogP contribution in [0.1, 0.15) is 6.92 Å². The van der Waals surface area contributed by atoms with Crippen LogP contribution >= 0.6 is 0 Å². The van der Waals surface area contributed by atoms with Crippen LogP contribution in [0.5, 0.6) is 0 Å². The van der Waals surface area contributed by atoms with Gasteiger partial charge < -0.3 is 0 Å². The van der Waals surface area contributed by atoms with E-state index < -0.39 is 24.1 Å². The average Bonchev–Trinajstić information content (AvgIpc) is 2.00. The van der Waals surface area contributed by atoms with Gasteiger partial charge in [-0.25, -0.2) is 13.6 Å². The van der Waals surface area contributed by atoms with Crippen molar-refractivity contribution in [3.8, 4) is 0 Å². The molecule has 1 unspecified atom stereocenters. The Morgan fingerprint density at radius 1 is 1.36 bits per heavy atom. The summed E-state index contributed by atoms with van der Waals surface area (Å²) in [6.45, 7) is 0.844. The van der Waals surface area contributed by atoms with E-state index in [0.717, 1.165) is 6.92 Å². The number of halogens is 3. The number of ketones is 1. The van der Waals surface area contributed by atoms with Crippen LogP contribution in [0.25, 0.3) is 0 Å². The Hall–Kier alpha value is -1.07. The number of carbonyl (C=O) groups excluding carboxylic acids is 2. The molecular formula is C5H5F3O3. The lowest BCUT2D eigenvalue weighted by Gasteiger charge is -2.02. The third-order valence-corrected chi connectivity index (χ3v) is 1.07. The second kappa shape index (κ2) is 3.95. The minimum Gasteiger partial charge on any atom is -0.292 e. The van der Waals surface area contributed by atoms with Gasteiger partial charge >= 0.3 is 5.97 Å². The van der Waals surface area contributed by atoms with Gasteiger partial charge in [0.25, 0.3) is 6.43 Å². The average molecular weight is 170 g/mol. The van der Waals surface area contributed by atoms with Gasteiger partial charge in [-0.1, -0.05) is 0 Å². The maximum atomic E-state index is 11.5. The highest BCUT2D eigenvalue weighted by Crippen LogP contribution is 2.07. The summed E-state index contributed by atoms with van der Waals surface area (Å²) in [6, 6.07) is 0.